The minimum Gasteiger partial charge on any atom is -0.326 e. The second kappa shape index (κ2) is 6.75. The second-order valence-electron chi connectivity index (χ2n) is 3.97. The number of carbonyl (C=O) groups is 2. The molecule has 0 spiro atoms. The van der Waals surface area contributed by atoms with Crippen LogP contribution in [-0.4, -0.2) is 24.2 Å². The molecule has 0 saturated carbocycles. The summed E-state index contributed by atoms with van der Waals surface area (Å²) in [6.45, 7) is 1.59. The second-order valence-corrected chi connectivity index (χ2v) is 4.38. The van der Waals surface area contributed by atoms with Crippen LogP contribution in [0, 0.1) is 0 Å². The van der Waals surface area contributed by atoms with Gasteiger partial charge in [-0.25, -0.2) is 8.78 Å². The summed E-state index contributed by atoms with van der Waals surface area (Å²) in [5.41, 5.74) is -0.127. The SMILES string of the molecule is CCC(=O)Nc1ccc(Cl)c(NC(=O)C(F)(F)C(F)F)c1. The molecule has 0 unspecified atom stereocenters. The van der Waals surface area contributed by atoms with Crippen LogP contribution in [0.15, 0.2) is 18.2 Å². The van der Waals surface area contributed by atoms with E-state index >= 15 is 0 Å². The quantitative estimate of drug-likeness (QED) is 0.813. The number of alkyl halides is 4. The Hall–Kier alpha value is -1.83. The van der Waals surface area contributed by atoms with Crippen LogP contribution in [0.25, 0.3) is 0 Å². The van der Waals surface area contributed by atoms with Gasteiger partial charge in [0.2, 0.25) is 5.91 Å². The summed E-state index contributed by atoms with van der Waals surface area (Å²) in [5, 5.41) is 3.88. The third kappa shape index (κ3) is 4.32. The summed E-state index contributed by atoms with van der Waals surface area (Å²) >= 11 is 5.68. The molecule has 4 nitrogen and oxygen atoms in total. The summed E-state index contributed by atoms with van der Waals surface area (Å²) in [4.78, 5) is 22.3. The summed E-state index contributed by atoms with van der Waals surface area (Å²) in [7, 11) is 0. The van der Waals surface area contributed by atoms with Crippen LogP contribution in [0.5, 0.6) is 0 Å². The van der Waals surface area contributed by atoms with Gasteiger partial charge >= 0.3 is 18.3 Å². The van der Waals surface area contributed by atoms with Crippen LogP contribution >= 0.6 is 11.6 Å². The van der Waals surface area contributed by atoms with E-state index in [1.165, 1.54) is 12.1 Å². The fraction of sp³-hybridized carbons (Fsp3) is 0.333. The fourth-order valence-corrected chi connectivity index (χ4v) is 1.42. The molecule has 0 fully saturated rings. The van der Waals surface area contributed by atoms with E-state index in [2.05, 4.69) is 5.32 Å². The maximum absolute atomic E-state index is 12.8. The number of carbonyl (C=O) groups excluding carboxylic acids is 2. The first-order chi connectivity index (χ1) is 9.68. The van der Waals surface area contributed by atoms with E-state index < -0.39 is 18.3 Å². The number of benzene rings is 1. The average Bonchev–Trinajstić information content (AvgIpc) is 2.41. The molecule has 1 rings (SSSR count). The van der Waals surface area contributed by atoms with E-state index in [1.807, 2.05) is 0 Å². The first-order valence-corrected chi connectivity index (χ1v) is 6.13. The minimum absolute atomic E-state index is 0.136. The lowest BCUT2D eigenvalue weighted by molar-refractivity contribution is -0.163. The highest BCUT2D eigenvalue weighted by Gasteiger charge is 2.49. The van der Waals surface area contributed by atoms with Gasteiger partial charge in [0.15, 0.2) is 0 Å². The predicted molar refractivity (Wildman–Crippen MR) is 70.0 cm³/mol. The van der Waals surface area contributed by atoms with E-state index in [0.717, 1.165) is 6.07 Å². The number of nitrogens with one attached hydrogen (secondary N) is 2. The smallest absolute Gasteiger partial charge is 0.326 e. The van der Waals surface area contributed by atoms with Crippen LogP contribution in [0.4, 0.5) is 28.9 Å². The molecule has 0 saturated heterocycles. The van der Waals surface area contributed by atoms with E-state index in [9.17, 15) is 27.2 Å². The third-order valence-corrected chi connectivity index (χ3v) is 2.73. The zero-order valence-corrected chi connectivity index (χ0v) is 11.5. The van der Waals surface area contributed by atoms with Crippen molar-refractivity contribution in [3.63, 3.8) is 0 Å². The largest absolute Gasteiger partial charge is 0.383 e. The van der Waals surface area contributed by atoms with Gasteiger partial charge < -0.3 is 10.6 Å². The molecule has 21 heavy (non-hydrogen) atoms. The van der Waals surface area contributed by atoms with Crippen molar-refractivity contribution in [1.29, 1.82) is 0 Å². The zero-order chi connectivity index (χ0) is 16.2. The standard InChI is InChI=1S/C12H11ClF4N2O2/c1-2-9(20)18-6-3-4-7(13)8(5-6)19-11(21)12(16,17)10(14)15/h3-5,10H,2H2,1H3,(H,18,20)(H,19,21). The maximum atomic E-state index is 12.8. The van der Waals surface area contributed by atoms with Gasteiger partial charge in [0.05, 0.1) is 10.7 Å². The Morgan fingerprint density at radius 1 is 1.29 bits per heavy atom. The van der Waals surface area contributed by atoms with Crippen molar-refractivity contribution in [2.45, 2.75) is 25.7 Å². The summed E-state index contributed by atoms with van der Waals surface area (Å²) < 4.78 is 49.8. The Labute approximate surface area is 122 Å². The topological polar surface area (TPSA) is 58.2 Å². The Morgan fingerprint density at radius 2 is 1.90 bits per heavy atom. The van der Waals surface area contributed by atoms with Crippen LogP contribution in [-0.2, 0) is 9.59 Å². The molecule has 0 aliphatic carbocycles. The van der Waals surface area contributed by atoms with Gasteiger partial charge in [-0.2, -0.15) is 8.78 Å². The Kier molecular flexibility index (Phi) is 5.54. The van der Waals surface area contributed by atoms with E-state index in [4.69, 9.17) is 11.6 Å². The first kappa shape index (κ1) is 17.2. The highest BCUT2D eigenvalue weighted by molar-refractivity contribution is 6.34. The van der Waals surface area contributed by atoms with Gasteiger partial charge in [0, 0.05) is 12.1 Å². The molecule has 0 aliphatic heterocycles. The number of hydrogen-bond acceptors (Lipinski definition) is 2. The fourth-order valence-electron chi connectivity index (χ4n) is 1.25. The van der Waals surface area contributed by atoms with Crippen molar-refractivity contribution in [3.8, 4) is 0 Å². The molecule has 0 aliphatic rings. The Balaban J connectivity index is 2.95. The number of anilines is 2. The molecule has 0 atom stereocenters. The summed E-state index contributed by atoms with van der Waals surface area (Å²) in [6.07, 6.45) is -3.97. The molecule has 0 aromatic heterocycles. The van der Waals surface area contributed by atoms with Gasteiger partial charge in [-0.3, -0.25) is 9.59 Å². The number of rotatable bonds is 5. The molecule has 1 aromatic carbocycles. The zero-order valence-electron chi connectivity index (χ0n) is 10.7. The van der Waals surface area contributed by atoms with Crippen LogP contribution in [0.3, 0.4) is 0 Å². The lowest BCUT2D eigenvalue weighted by Crippen LogP contribution is -2.41. The predicted octanol–water partition coefficient (Wildman–Crippen LogP) is 3.53. The molecular formula is C12H11ClF4N2O2. The third-order valence-electron chi connectivity index (χ3n) is 2.40. The highest BCUT2D eigenvalue weighted by atomic mass is 35.5. The van der Waals surface area contributed by atoms with Crippen molar-refractivity contribution in [2.24, 2.45) is 0 Å². The van der Waals surface area contributed by atoms with Gasteiger partial charge in [-0.05, 0) is 18.2 Å². The Morgan fingerprint density at radius 3 is 2.43 bits per heavy atom. The first-order valence-electron chi connectivity index (χ1n) is 5.75. The van der Waals surface area contributed by atoms with Crippen LogP contribution in [0.1, 0.15) is 13.3 Å². The van der Waals surface area contributed by atoms with Gasteiger partial charge in [0.1, 0.15) is 0 Å². The normalized spacial score (nSPS) is 11.4. The maximum Gasteiger partial charge on any atom is 0.383 e. The van der Waals surface area contributed by atoms with Crippen molar-refractivity contribution >= 4 is 34.8 Å². The molecule has 9 heteroatoms. The molecule has 1 aromatic rings. The van der Waals surface area contributed by atoms with Crippen molar-refractivity contribution in [3.05, 3.63) is 23.2 Å². The molecule has 0 radical (unpaired) electrons. The monoisotopic (exact) mass is 326 g/mol. The molecule has 2 amide bonds. The molecule has 2 N–H and O–H groups in total. The van der Waals surface area contributed by atoms with Gasteiger partial charge in [0.25, 0.3) is 0 Å². The van der Waals surface area contributed by atoms with E-state index in [0.29, 0.717) is 0 Å². The molecule has 116 valence electrons. The van der Waals surface area contributed by atoms with Crippen LogP contribution in [0.2, 0.25) is 5.02 Å². The number of halogens is 5. The summed E-state index contributed by atoms with van der Waals surface area (Å²) in [6, 6.07) is 3.69. The van der Waals surface area contributed by atoms with Crippen LogP contribution < -0.4 is 10.6 Å². The average molecular weight is 327 g/mol. The lowest BCUT2D eigenvalue weighted by Gasteiger charge is -2.16. The number of hydrogen-bond donors (Lipinski definition) is 2. The lowest BCUT2D eigenvalue weighted by atomic mass is 10.2. The van der Waals surface area contributed by atoms with Crippen molar-refractivity contribution < 1.29 is 27.2 Å². The van der Waals surface area contributed by atoms with Gasteiger partial charge in [-0.1, -0.05) is 18.5 Å². The molecule has 0 bridgehead atoms. The van der Waals surface area contributed by atoms with Gasteiger partial charge in [-0.15, -0.1) is 0 Å². The molecular weight excluding hydrogens is 316 g/mol. The summed E-state index contributed by atoms with van der Waals surface area (Å²) in [5.74, 6) is -7.38. The minimum atomic E-state index is -4.84. The van der Waals surface area contributed by atoms with Crippen molar-refractivity contribution in [2.75, 3.05) is 10.6 Å². The van der Waals surface area contributed by atoms with E-state index in [-0.39, 0.29) is 28.7 Å². The highest BCUT2D eigenvalue weighted by Crippen LogP contribution is 2.29. The Bertz CT molecular complexity index is 552. The van der Waals surface area contributed by atoms with E-state index in [1.54, 1.807) is 12.2 Å². The molecule has 0 heterocycles. The number of amides is 2. The van der Waals surface area contributed by atoms with Crippen molar-refractivity contribution in [1.82, 2.24) is 0 Å².